The highest BCUT2D eigenvalue weighted by Gasteiger charge is 2.35. The molecule has 0 bridgehead atoms. The molecule has 2 saturated carbocycles. The number of likely N-dealkylation sites (N-methyl/N-ethyl adjacent to an activating group) is 1. The van der Waals surface area contributed by atoms with Crippen LogP contribution in [0.3, 0.4) is 0 Å². The zero-order valence-electron chi connectivity index (χ0n) is 16.1. The summed E-state index contributed by atoms with van der Waals surface area (Å²) in [6.07, 6.45) is 7.75. The van der Waals surface area contributed by atoms with E-state index in [4.69, 9.17) is 5.11 Å². The van der Waals surface area contributed by atoms with Gasteiger partial charge >= 0.3 is 5.97 Å². The molecule has 148 valence electrons. The summed E-state index contributed by atoms with van der Waals surface area (Å²) in [5, 5.41) is 15.7. The largest absolute Gasteiger partial charge is 0.480 e. The first-order valence-corrected chi connectivity index (χ1v) is 10.2. The van der Waals surface area contributed by atoms with Crippen molar-refractivity contribution in [3.05, 3.63) is 29.8 Å². The highest BCUT2D eigenvalue weighted by molar-refractivity contribution is 5.99. The van der Waals surface area contributed by atoms with Crippen molar-refractivity contribution in [3.8, 4) is 0 Å². The van der Waals surface area contributed by atoms with Crippen LogP contribution in [-0.4, -0.2) is 53.1 Å². The van der Waals surface area contributed by atoms with Gasteiger partial charge in [0.15, 0.2) is 0 Å². The van der Waals surface area contributed by atoms with Crippen molar-refractivity contribution in [1.82, 2.24) is 10.2 Å². The predicted octanol–water partition coefficient (Wildman–Crippen LogP) is 3.10. The van der Waals surface area contributed by atoms with E-state index in [0.717, 1.165) is 31.4 Å². The first-order chi connectivity index (χ1) is 13.1. The lowest BCUT2D eigenvalue weighted by Gasteiger charge is -2.42. The lowest BCUT2D eigenvalue weighted by molar-refractivity contribution is -0.139. The van der Waals surface area contributed by atoms with Crippen molar-refractivity contribution in [1.29, 1.82) is 0 Å². The number of aliphatic carboxylic acids is 1. The summed E-state index contributed by atoms with van der Waals surface area (Å²) in [5.41, 5.74) is 1.61. The monoisotopic (exact) mass is 373 g/mol. The average molecular weight is 373 g/mol. The molecule has 0 radical (unpaired) electrons. The van der Waals surface area contributed by atoms with Gasteiger partial charge in [0.1, 0.15) is 0 Å². The molecule has 2 fully saturated rings. The first-order valence-electron chi connectivity index (χ1n) is 10.2. The minimum Gasteiger partial charge on any atom is -0.480 e. The Morgan fingerprint density at radius 3 is 2.48 bits per heavy atom. The molecular formula is C21H31N3O3. The summed E-state index contributed by atoms with van der Waals surface area (Å²) < 4.78 is 0. The number of rotatable bonds is 8. The van der Waals surface area contributed by atoms with Crippen LogP contribution >= 0.6 is 0 Å². The second-order valence-electron chi connectivity index (χ2n) is 7.78. The van der Waals surface area contributed by atoms with Crippen molar-refractivity contribution in [3.63, 3.8) is 0 Å². The molecule has 0 aliphatic heterocycles. The van der Waals surface area contributed by atoms with E-state index in [2.05, 4.69) is 10.6 Å². The van der Waals surface area contributed by atoms with Gasteiger partial charge in [-0.2, -0.15) is 0 Å². The minimum atomic E-state index is -0.799. The van der Waals surface area contributed by atoms with E-state index in [-0.39, 0.29) is 24.5 Å². The second-order valence-corrected chi connectivity index (χ2v) is 7.78. The third-order valence-electron chi connectivity index (χ3n) is 5.85. The third-order valence-corrected chi connectivity index (χ3v) is 5.85. The molecule has 3 rings (SSSR count). The Balaban J connectivity index is 1.54. The van der Waals surface area contributed by atoms with Crippen LogP contribution in [0, 0.1) is 0 Å². The van der Waals surface area contributed by atoms with Gasteiger partial charge in [0, 0.05) is 23.8 Å². The molecule has 0 heterocycles. The molecule has 0 spiro atoms. The lowest BCUT2D eigenvalue weighted by atomic mass is 9.85. The van der Waals surface area contributed by atoms with E-state index in [1.165, 1.54) is 19.3 Å². The van der Waals surface area contributed by atoms with Gasteiger partial charge in [0.25, 0.3) is 5.91 Å². The topological polar surface area (TPSA) is 81.7 Å². The van der Waals surface area contributed by atoms with Crippen molar-refractivity contribution in [2.45, 2.75) is 70.0 Å². The summed E-state index contributed by atoms with van der Waals surface area (Å²) in [6, 6.07) is 8.54. The number of hydrogen-bond donors (Lipinski definition) is 3. The van der Waals surface area contributed by atoms with Crippen LogP contribution < -0.4 is 10.6 Å². The maximum absolute atomic E-state index is 12.8. The van der Waals surface area contributed by atoms with Crippen molar-refractivity contribution in [2.75, 3.05) is 18.4 Å². The molecular weight excluding hydrogens is 342 g/mol. The van der Waals surface area contributed by atoms with Crippen LogP contribution in [0.5, 0.6) is 0 Å². The molecule has 2 aliphatic rings. The number of hydrogen-bond acceptors (Lipinski definition) is 4. The van der Waals surface area contributed by atoms with Crippen LogP contribution in [0.25, 0.3) is 0 Å². The van der Waals surface area contributed by atoms with Gasteiger partial charge in [-0.05, 0) is 44.4 Å². The molecule has 1 amide bonds. The van der Waals surface area contributed by atoms with Gasteiger partial charge < -0.3 is 15.7 Å². The van der Waals surface area contributed by atoms with Gasteiger partial charge in [0.05, 0.1) is 12.1 Å². The Labute approximate surface area is 161 Å². The molecule has 0 aromatic heterocycles. The molecule has 2 aliphatic carbocycles. The molecule has 3 N–H and O–H groups in total. The van der Waals surface area contributed by atoms with Gasteiger partial charge in [-0.15, -0.1) is 0 Å². The molecule has 27 heavy (non-hydrogen) atoms. The number of amides is 1. The molecule has 0 saturated heterocycles. The number of carbonyl (C=O) groups is 2. The van der Waals surface area contributed by atoms with Gasteiger partial charge in [0.2, 0.25) is 0 Å². The molecule has 0 unspecified atom stereocenters. The van der Waals surface area contributed by atoms with Gasteiger partial charge in [-0.1, -0.05) is 38.3 Å². The Morgan fingerprint density at radius 1 is 1.11 bits per heavy atom. The maximum atomic E-state index is 12.8. The number of carboxylic acid groups (broad SMARTS) is 1. The zero-order valence-corrected chi connectivity index (χ0v) is 16.1. The molecule has 1 aromatic carbocycles. The summed E-state index contributed by atoms with van der Waals surface area (Å²) in [5.74, 6) is -0.842. The van der Waals surface area contributed by atoms with Crippen molar-refractivity contribution < 1.29 is 14.7 Å². The van der Waals surface area contributed by atoms with Crippen molar-refractivity contribution >= 4 is 17.6 Å². The fourth-order valence-electron chi connectivity index (χ4n) is 4.21. The summed E-state index contributed by atoms with van der Waals surface area (Å²) in [7, 11) is 0. The van der Waals surface area contributed by atoms with E-state index in [9.17, 15) is 9.59 Å². The number of carbonyl (C=O) groups excluding carboxylic acids is 1. The number of anilines is 1. The average Bonchev–Trinajstić information content (AvgIpc) is 2.63. The van der Waals surface area contributed by atoms with Crippen molar-refractivity contribution in [2.24, 2.45) is 0 Å². The zero-order chi connectivity index (χ0) is 19.2. The fourth-order valence-corrected chi connectivity index (χ4v) is 4.21. The highest BCUT2D eigenvalue weighted by atomic mass is 16.4. The second kappa shape index (κ2) is 9.22. The number of para-hydroxylation sites is 1. The predicted molar refractivity (Wildman–Crippen MR) is 106 cm³/mol. The van der Waals surface area contributed by atoms with E-state index < -0.39 is 5.97 Å². The lowest BCUT2D eigenvalue weighted by Crippen LogP contribution is -2.54. The van der Waals surface area contributed by atoms with Crippen LogP contribution in [0.2, 0.25) is 0 Å². The van der Waals surface area contributed by atoms with Crippen LogP contribution in [0.4, 0.5) is 5.69 Å². The Morgan fingerprint density at radius 2 is 1.81 bits per heavy atom. The number of benzene rings is 1. The van der Waals surface area contributed by atoms with E-state index in [0.29, 0.717) is 18.2 Å². The normalized spacial score (nSPS) is 22.9. The SMILES string of the molecule is CCN(CC(=O)O)C1CC(NC(=O)c2ccccc2NC2CCCCC2)C1. The summed E-state index contributed by atoms with van der Waals surface area (Å²) in [6.45, 7) is 2.75. The van der Waals surface area contributed by atoms with E-state index in [1.807, 2.05) is 36.1 Å². The maximum Gasteiger partial charge on any atom is 0.317 e. The quantitative estimate of drug-likeness (QED) is 0.652. The number of nitrogens with zero attached hydrogens (tertiary/aromatic N) is 1. The van der Waals surface area contributed by atoms with E-state index in [1.54, 1.807) is 0 Å². The molecule has 6 nitrogen and oxygen atoms in total. The minimum absolute atomic E-state index is 0.0429. The fraction of sp³-hybridized carbons (Fsp3) is 0.619. The standard InChI is InChI=1S/C21H31N3O3/c1-2-24(14-20(25)26)17-12-16(13-17)23-21(27)18-10-6-7-11-19(18)22-15-8-4-3-5-9-15/h6-7,10-11,15-17,22H,2-5,8-9,12-14H2,1H3,(H,23,27)(H,25,26). The smallest absolute Gasteiger partial charge is 0.317 e. The molecule has 1 aromatic rings. The third kappa shape index (κ3) is 5.22. The number of nitrogens with one attached hydrogen (secondary N) is 2. The van der Waals surface area contributed by atoms with Gasteiger partial charge in [-0.25, -0.2) is 0 Å². The summed E-state index contributed by atoms with van der Waals surface area (Å²) in [4.78, 5) is 25.7. The first kappa shape index (κ1) is 19.7. The molecule has 0 atom stereocenters. The van der Waals surface area contributed by atoms with Crippen LogP contribution in [0.15, 0.2) is 24.3 Å². The summed E-state index contributed by atoms with van der Waals surface area (Å²) >= 11 is 0. The van der Waals surface area contributed by atoms with E-state index >= 15 is 0 Å². The number of carboxylic acids is 1. The highest BCUT2D eigenvalue weighted by Crippen LogP contribution is 2.27. The van der Waals surface area contributed by atoms with Crippen LogP contribution in [0.1, 0.15) is 62.2 Å². The van der Waals surface area contributed by atoms with Gasteiger partial charge in [-0.3, -0.25) is 14.5 Å². The Hall–Kier alpha value is -2.08. The van der Waals surface area contributed by atoms with Crippen LogP contribution in [-0.2, 0) is 4.79 Å². The Bertz CT molecular complexity index is 652. The Kier molecular flexibility index (Phi) is 6.72. The molecule has 6 heteroatoms.